The number of likely N-dealkylation sites (tertiary alicyclic amines) is 1. The third kappa shape index (κ3) is 2.74. The van der Waals surface area contributed by atoms with Crippen LogP contribution in [0.4, 0.5) is 0 Å². The molecule has 2 heterocycles. The molecule has 2 saturated heterocycles. The molecule has 16 heavy (non-hydrogen) atoms. The Labute approximate surface area is 97.0 Å². The molecule has 2 rings (SSSR count). The SMILES string of the molecule is O=C(CC1CCCCN1)N1CCCC1CO. The highest BCUT2D eigenvalue weighted by molar-refractivity contribution is 5.77. The Morgan fingerprint density at radius 2 is 2.19 bits per heavy atom. The lowest BCUT2D eigenvalue weighted by molar-refractivity contribution is -0.133. The second kappa shape index (κ2) is 5.64. The number of nitrogens with zero attached hydrogens (tertiary/aromatic N) is 1. The summed E-state index contributed by atoms with van der Waals surface area (Å²) in [5.41, 5.74) is 0. The largest absolute Gasteiger partial charge is 0.394 e. The van der Waals surface area contributed by atoms with Gasteiger partial charge in [-0.15, -0.1) is 0 Å². The molecule has 2 aliphatic rings. The molecule has 2 N–H and O–H groups in total. The number of aliphatic hydroxyl groups is 1. The Kier molecular flexibility index (Phi) is 4.18. The van der Waals surface area contributed by atoms with Crippen molar-refractivity contribution in [2.24, 2.45) is 0 Å². The average molecular weight is 226 g/mol. The van der Waals surface area contributed by atoms with E-state index in [0.717, 1.165) is 32.4 Å². The average Bonchev–Trinajstić information content (AvgIpc) is 2.78. The van der Waals surface area contributed by atoms with Crippen LogP contribution in [0.2, 0.25) is 0 Å². The van der Waals surface area contributed by atoms with Gasteiger partial charge in [0.25, 0.3) is 0 Å². The molecule has 4 nitrogen and oxygen atoms in total. The first kappa shape index (κ1) is 11.9. The molecule has 2 atom stereocenters. The van der Waals surface area contributed by atoms with Crippen LogP contribution in [0.15, 0.2) is 0 Å². The van der Waals surface area contributed by atoms with E-state index in [0.29, 0.717) is 12.5 Å². The van der Waals surface area contributed by atoms with Crippen molar-refractivity contribution < 1.29 is 9.90 Å². The number of carbonyl (C=O) groups excluding carboxylic acids is 1. The van der Waals surface area contributed by atoms with Crippen LogP contribution in [-0.4, -0.2) is 47.7 Å². The monoisotopic (exact) mass is 226 g/mol. The van der Waals surface area contributed by atoms with E-state index in [1.54, 1.807) is 0 Å². The number of piperidine rings is 1. The van der Waals surface area contributed by atoms with Crippen LogP contribution in [0.5, 0.6) is 0 Å². The molecule has 0 aliphatic carbocycles. The smallest absolute Gasteiger partial charge is 0.224 e. The topological polar surface area (TPSA) is 52.6 Å². The number of hydrogen-bond donors (Lipinski definition) is 2. The molecular weight excluding hydrogens is 204 g/mol. The summed E-state index contributed by atoms with van der Waals surface area (Å²) in [6.45, 7) is 1.99. The first-order valence-corrected chi connectivity index (χ1v) is 6.45. The van der Waals surface area contributed by atoms with Crippen LogP contribution in [0, 0.1) is 0 Å². The summed E-state index contributed by atoms with van der Waals surface area (Å²) in [7, 11) is 0. The zero-order chi connectivity index (χ0) is 11.4. The van der Waals surface area contributed by atoms with Gasteiger partial charge in [0.2, 0.25) is 5.91 Å². The second-order valence-corrected chi connectivity index (χ2v) is 4.92. The molecule has 0 bridgehead atoms. The van der Waals surface area contributed by atoms with E-state index in [1.165, 1.54) is 12.8 Å². The van der Waals surface area contributed by atoms with E-state index < -0.39 is 0 Å². The summed E-state index contributed by atoms with van der Waals surface area (Å²) in [4.78, 5) is 13.9. The van der Waals surface area contributed by atoms with Crippen molar-refractivity contribution in [1.82, 2.24) is 10.2 Å². The molecule has 4 heteroatoms. The van der Waals surface area contributed by atoms with Crippen LogP contribution in [-0.2, 0) is 4.79 Å². The molecule has 0 aromatic heterocycles. The third-order valence-corrected chi connectivity index (χ3v) is 3.74. The van der Waals surface area contributed by atoms with Gasteiger partial charge < -0.3 is 15.3 Å². The van der Waals surface area contributed by atoms with Gasteiger partial charge in [-0.3, -0.25) is 4.79 Å². The van der Waals surface area contributed by atoms with E-state index in [2.05, 4.69) is 5.32 Å². The zero-order valence-corrected chi connectivity index (χ0v) is 9.82. The van der Waals surface area contributed by atoms with Gasteiger partial charge >= 0.3 is 0 Å². The summed E-state index contributed by atoms with van der Waals surface area (Å²) in [6.07, 6.45) is 6.18. The summed E-state index contributed by atoms with van der Waals surface area (Å²) in [5.74, 6) is 0.218. The number of rotatable bonds is 3. The van der Waals surface area contributed by atoms with E-state index >= 15 is 0 Å². The highest BCUT2D eigenvalue weighted by atomic mass is 16.3. The maximum Gasteiger partial charge on any atom is 0.224 e. The quantitative estimate of drug-likeness (QED) is 0.737. The highest BCUT2D eigenvalue weighted by Crippen LogP contribution is 2.19. The predicted octanol–water partition coefficient (Wildman–Crippen LogP) is 0.502. The van der Waals surface area contributed by atoms with Crippen LogP contribution in [0.3, 0.4) is 0 Å². The Hall–Kier alpha value is -0.610. The normalized spacial score (nSPS) is 30.7. The van der Waals surface area contributed by atoms with Gasteiger partial charge in [0.15, 0.2) is 0 Å². The minimum Gasteiger partial charge on any atom is -0.394 e. The van der Waals surface area contributed by atoms with Gasteiger partial charge in [0.05, 0.1) is 12.6 Å². The van der Waals surface area contributed by atoms with Gasteiger partial charge in [-0.1, -0.05) is 6.42 Å². The van der Waals surface area contributed by atoms with E-state index in [1.807, 2.05) is 4.90 Å². The lowest BCUT2D eigenvalue weighted by atomic mass is 10.0. The molecule has 2 aliphatic heterocycles. The number of hydrogen-bond acceptors (Lipinski definition) is 3. The number of amides is 1. The Morgan fingerprint density at radius 1 is 1.31 bits per heavy atom. The second-order valence-electron chi connectivity index (χ2n) is 4.92. The summed E-state index contributed by atoms with van der Waals surface area (Å²) in [5, 5.41) is 12.6. The molecule has 0 saturated carbocycles. The van der Waals surface area contributed by atoms with Crippen molar-refractivity contribution >= 4 is 5.91 Å². The Bertz CT molecular complexity index is 239. The maximum atomic E-state index is 12.1. The fourth-order valence-electron chi connectivity index (χ4n) is 2.78. The van der Waals surface area contributed by atoms with Crippen LogP contribution < -0.4 is 5.32 Å². The first-order chi connectivity index (χ1) is 7.81. The molecule has 1 amide bonds. The van der Waals surface area contributed by atoms with Crippen molar-refractivity contribution in [2.45, 2.75) is 50.6 Å². The van der Waals surface area contributed by atoms with Crippen LogP contribution in [0.25, 0.3) is 0 Å². The maximum absolute atomic E-state index is 12.1. The van der Waals surface area contributed by atoms with Crippen molar-refractivity contribution in [3.63, 3.8) is 0 Å². The third-order valence-electron chi connectivity index (χ3n) is 3.74. The number of nitrogens with one attached hydrogen (secondary N) is 1. The summed E-state index contributed by atoms with van der Waals surface area (Å²) < 4.78 is 0. The predicted molar refractivity (Wildman–Crippen MR) is 62.1 cm³/mol. The standard InChI is InChI=1S/C12H22N2O2/c15-9-11-5-3-7-14(11)12(16)8-10-4-1-2-6-13-10/h10-11,13,15H,1-9H2. The van der Waals surface area contributed by atoms with Gasteiger partial charge in [0, 0.05) is 19.0 Å². The van der Waals surface area contributed by atoms with Crippen molar-refractivity contribution in [3.8, 4) is 0 Å². The fourth-order valence-corrected chi connectivity index (χ4v) is 2.78. The first-order valence-electron chi connectivity index (χ1n) is 6.45. The van der Waals surface area contributed by atoms with Crippen molar-refractivity contribution in [3.05, 3.63) is 0 Å². The van der Waals surface area contributed by atoms with Crippen LogP contribution in [0.1, 0.15) is 38.5 Å². The number of aliphatic hydroxyl groups excluding tert-OH is 1. The van der Waals surface area contributed by atoms with Crippen molar-refractivity contribution in [1.29, 1.82) is 0 Å². The molecule has 2 unspecified atom stereocenters. The van der Waals surface area contributed by atoms with Gasteiger partial charge in [-0.05, 0) is 32.2 Å². The van der Waals surface area contributed by atoms with Gasteiger partial charge in [-0.25, -0.2) is 0 Å². The highest BCUT2D eigenvalue weighted by Gasteiger charge is 2.29. The zero-order valence-electron chi connectivity index (χ0n) is 9.82. The minimum absolute atomic E-state index is 0.0797. The van der Waals surface area contributed by atoms with E-state index in [9.17, 15) is 9.90 Å². The van der Waals surface area contributed by atoms with E-state index in [4.69, 9.17) is 0 Å². The minimum atomic E-state index is 0.0797. The Morgan fingerprint density at radius 3 is 2.88 bits per heavy atom. The fraction of sp³-hybridized carbons (Fsp3) is 0.917. The van der Waals surface area contributed by atoms with E-state index in [-0.39, 0.29) is 18.6 Å². The molecule has 0 aromatic rings. The van der Waals surface area contributed by atoms with Crippen LogP contribution >= 0.6 is 0 Å². The van der Waals surface area contributed by atoms with Crippen molar-refractivity contribution in [2.75, 3.05) is 19.7 Å². The molecule has 0 spiro atoms. The summed E-state index contributed by atoms with van der Waals surface area (Å²) in [6, 6.07) is 0.442. The van der Waals surface area contributed by atoms with Gasteiger partial charge in [-0.2, -0.15) is 0 Å². The lowest BCUT2D eigenvalue weighted by Gasteiger charge is -2.28. The molecule has 92 valence electrons. The van der Waals surface area contributed by atoms with Gasteiger partial charge in [0.1, 0.15) is 0 Å². The lowest BCUT2D eigenvalue weighted by Crippen LogP contribution is -2.43. The molecule has 2 fully saturated rings. The number of carbonyl (C=O) groups is 1. The molecular formula is C12H22N2O2. The summed E-state index contributed by atoms with van der Waals surface area (Å²) >= 11 is 0. The molecule has 0 radical (unpaired) electrons. The Balaban J connectivity index is 1.82. The molecule has 0 aromatic carbocycles.